The first kappa shape index (κ1) is 15.8. The van der Waals surface area contributed by atoms with Crippen molar-refractivity contribution in [1.82, 2.24) is 4.90 Å². The van der Waals surface area contributed by atoms with Gasteiger partial charge in [-0.15, -0.1) is 0 Å². The number of hydrogen-bond donors (Lipinski definition) is 1. The van der Waals surface area contributed by atoms with E-state index in [0.717, 1.165) is 44.6 Å². The monoisotopic (exact) mass is 281 g/mol. The molecule has 1 saturated carbocycles. The van der Waals surface area contributed by atoms with Gasteiger partial charge in [0.05, 0.1) is 12.6 Å². The smallest absolute Gasteiger partial charge is 0.226 e. The largest absolute Gasteiger partial charge is 0.394 e. The van der Waals surface area contributed by atoms with Gasteiger partial charge < -0.3 is 10.0 Å². The summed E-state index contributed by atoms with van der Waals surface area (Å²) in [7, 11) is 0. The molecule has 20 heavy (non-hydrogen) atoms. The van der Waals surface area contributed by atoms with Gasteiger partial charge in [-0.3, -0.25) is 4.79 Å². The molecule has 3 nitrogen and oxygen atoms in total. The third kappa shape index (κ3) is 3.55. The molecule has 1 heterocycles. The molecule has 2 fully saturated rings. The lowest BCUT2D eigenvalue weighted by Gasteiger charge is -2.40. The SMILES string of the molecule is CC(C)(C)C1CCC(C(=O)N2CCCCC2CO)CC1. The molecule has 0 aromatic heterocycles. The number of carbonyl (C=O) groups is 1. The van der Waals surface area contributed by atoms with E-state index in [1.54, 1.807) is 0 Å². The zero-order valence-electron chi connectivity index (χ0n) is 13.4. The Labute approximate surface area is 123 Å². The molecule has 2 aliphatic rings. The van der Waals surface area contributed by atoms with Gasteiger partial charge in [0.25, 0.3) is 0 Å². The average Bonchev–Trinajstić information content (AvgIpc) is 2.45. The summed E-state index contributed by atoms with van der Waals surface area (Å²) < 4.78 is 0. The molecule has 2 rings (SSSR count). The Bertz CT molecular complexity index is 326. The van der Waals surface area contributed by atoms with Gasteiger partial charge in [-0.1, -0.05) is 20.8 Å². The molecule has 1 aliphatic heterocycles. The minimum atomic E-state index is 0.0802. The summed E-state index contributed by atoms with van der Waals surface area (Å²) in [5, 5.41) is 9.46. The zero-order chi connectivity index (χ0) is 14.8. The van der Waals surface area contributed by atoms with Gasteiger partial charge in [-0.2, -0.15) is 0 Å². The third-order valence-corrected chi connectivity index (χ3v) is 5.42. The van der Waals surface area contributed by atoms with Crippen LogP contribution in [0.3, 0.4) is 0 Å². The lowest BCUT2D eigenvalue weighted by molar-refractivity contribution is -0.142. The summed E-state index contributed by atoms with van der Waals surface area (Å²) >= 11 is 0. The van der Waals surface area contributed by atoms with Crippen LogP contribution in [0.15, 0.2) is 0 Å². The van der Waals surface area contributed by atoms with Crippen LogP contribution in [-0.4, -0.2) is 35.1 Å². The second-order valence-corrected chi connectivity index (χ2v) is 7.78. The topological polar surface area (TPSA) is 40.5 Å². The fourth-order valence-electron chi connectivity index (χ4n) is 3.92. The van der Waals surface area contributed by atoms with E-state index in [1.807, 2.05) is 4.90 Å². The Hall–Kier alpha value is -0.570. The first-order chi connectivity index (χ1) is 9.43. The summed E-state index contributed by atoms with van der Waals surface area (Å²) in [6.45, 7) is 7.91. The fraction of sp³-hybridized carbons (Fsp3) is 0.941. The van der Waals surface area contributed by atoms with E-state index >= 15 is 0 Å². The van der Waals surface area contributed by atoms with E-state index in [9.17, 15) is 9.90 Å². The highest BCUT2D eigenvalue weighted by Gasteiger charge is 2.36. The number of amides is 1. The third-order valence-electron chi connectivity index (χ3n) is 5.42. The molecule has 116 valence electrons. The van der Waals surface area contributed by atoms with E-state index in [-0.39, 0.29) is 18.6 Å². The van der Waals surface area contributed by atoms with Crippen molar-refractivity contribution in [2.24, 2.45) is 17.3 Å². The van der Waals surface area contributed by atoms with Crippen LogP contribution in [-0.2, 0) is 4.79 Å². The first-order valence-corrected chi connectivity index (χ1v) is 8.35. The minimum Gasteiger partial charge on any atom is -0.394 e. The number of carbonyl (C=O) groups excluding carboxylic acids is 1. The molecule has 0 radical (unpaired) electrons. The Morgan fingerprint density at radius 1 is 1.10 bits per heavy atom. The van der Waals surface area contributed by atoms with Gasteiger partial charge in [0.1, 0.15) is 0 Å². The molecule has 0 aromatic carbocycles. The van der Waals surface area contributed by atoms with Crippen molar-refractivity contribution in [2.75, 3.05) is 13.2 Å². The van der Waals surface area contributed by atoms with Crippen LogP contribution < -0.4 is 0 Å². The summed E-state index contributed by atoms with van der Waals surface area (Å²) in [6.07, 6.45) is 7.64. The van der Waals surface area contributed by atoms with Gasteiger partial charge in [-0.05, 0) is 56.3 Å². The van der Waals surface area contributed by atoms with Crippen LogP contribution in [0.25, 0.3) is 0 Å². The van der Waals surface area contributed by atoms with Crippen LogP contribution in [0.1, 0.15) is 65.7 Å². The highest BCUT2D eigenvalue weighted by molar-refractivity contribution is 5.79. The van der Waals surface area contributed by atoms with Crippen molar-refractivity contribution in [2.45, 2.75) is 71.8 Å². The molecule has 1 atom stereocenters. The predicted octanol–water partition coefficient (Wildman–Crippen LogP) is 3.21. The summed E-state index contributed by atoms with van der Waals surface area (Å²) in [6, 6.07) is 0.0802. The van der Waals surface area contributed by atoms with Crippen LogP contribution in [0.4, 0.5) is 0 Å². The molecule has 0 bridgehead atoms. The van der Waals surface area contributed by atoms with Crippen molar-refractivity contribution < 1.29 is 9.90 Å². The normalized spacial score (nSPS) is 32.2. The van der Waals surface area contributed by atoms with Crippen LogP contribution >= 0.6 is 0 Å². The summed E-state index contributed by atoms with van der Waals surface area (Å²) in [4.78, 5) is 14.7. The van der Waals surface area contributed by atoms with E-state index in [4.69, 9.17) is 0 Å². The van der Waals surface area contributed by atoms with Crippen molar-refractivity contribution in [3.05, 3.63) is 0 Å². The summed E-state index contributed by atoms with van der Waals surface area (Å²) in [5.74, 6) is 1.28. The highest BCUT2D eigenvalue weighted by Crippen LogP contribution is 2.40. The lowest BCUT2D eigenvalue weighted by Crippen LogP contribution is -2.48. The number of aliphatic hydroxyl groups excluding tert-OH is 1. The van der Waals surface area contributed by atoms with Crippen molar-refractivity contribution >= 4 is 5.91 Å². The Kier molecular flexibility index (Phi) is 5.11. The molecule has 1 N–H and O–H groups in total. The Morgan fingerprint density at radius 3 is 2.30 bits per heavy atom. The second-order valence-electron chi connectivity index (χ2n) is 7.78. The molecule has 1 saturated heterocycles. The van der Waals surface area contributed by atoms with Crippen LogP contribution in [0.2, 0.25) is 0 Å². The standard InChI is InChI=1S/C17H31NO2/c1-17(2,3)14-9-7-13(8-10-14)16(20)18-11-5-4-6-15(18)12-19/h13-15,19H,4-12H2,1-3H3. The zero-order valence-corrected chi connectivity index (χ0v) is 13.4. The molecular formula is C17H31NO2. The first-order valence-electron chi connectivity index (χ1n) is 8.35. The second kappa shape index (κ2) is 6.46. The molecule has 1 amide bonds. The van der Waals surface area contributed by atoms with Crippen LogP contribution in [0.5, 0.6) is 0 Å². The van der Waals surface area contributed by atoms with Gasteiger partial charge in [0.15, 0.2) is 0 Å². The maximum absolute atomic E-state index is 12.7. The summed E-state index contributed by atoms with van der Waals surface area (Å²) in [5.41, 5.74) is 0.368. The number of likely N-dealkylation sites (tertiary alicyclic amines) is 1. The predicted molar refractivity (Wildman–Crippen MR) is 81.3 cm³/mol. The molecule has 1 unspecified atom stereocenters. The van der Waals surface area contributed by atoms with Gasteiger partial charge in [0, 0.05) is 12.5 Å². The van der Waals surface area contributed by atoms with E-state index < -0.39 is 0 Å². The quantitative estimate of drug-likeness (QED) is 0.844. The van der Waals surface area contributed by atoms with Crippen molar-refractivity contribution in [1.29, 1.82) is 0 Å². The number of rotatable bonds is 2. The van der Waals surface area contributed by atoms with E-state index in [1.165, 1.54) is 12.8 Å². The molecule has 0 aromatic rings. The van der Waals surface area contributed by atoms with Gasteiger partial charge in [-0.25, -0.2) is 0 Å². The molecular weight excluding hydrogens is 250 g/mol. The van der Waals surface area contributed by atoms with E-state index in [2.05, 4.69) is 20.8 Å². The Morgan fingerprint density at radius 2 is 1.75 bits per heavy atom. The van der Waals surface area contributed by atoms with Gasteiger partial charge in [0.2, 0.25) is 5.91 Å². The minimum absolute atomic E-state index is 0.0802. The number of piperidine rings is 1. The number of hydrogen-bond acceptors (Lipinski definition) is 2. The highest BCUT2D eigenvalue weighted by atomic mass is 16.3. The maximum Gasteiger partial charge on any atom is 0.226 e. The van der Waals surface area contributed by atoms with Crippen molar-refractivity contribution in [3.63, 3.8) is 0 Å². The average molecular weight is 281 g/mol. The fourth-order valence-corrected chi connectivity index (χ4v) is 3.92. The van der Waals surface area contributed by atoms with Gasteiger partial charge >= 0.3 is 0 Å². The maximum atomic E-state index is 12.7. The molecule has 0 spiro atoms. The van der Waals surface area contributed by atoms with E-state index in [0.29, 0.717) is 11.3 Å². The molecule has 1 aliphatic carbocycles. The Balaban J connectivity index is 1.91. The lowest BCUT2D eigenvalue weighted by atomic mass is 9.69. The van der Waals surface area contributed by atoms with Crippen LogP contribution in [0, 0.1) is 17.3 Å². The number of aliphatic hydroxyl groups is 1. The van der Waals surface area contributed by atoms with Crippen molar-refractivity contribution in [3.8, 4) is 0 Å². The number of nitrogens with zero attached hydrogens (tertiary/aromatic N) is 1. The molecule has 3 heteroatoms.